The molecule has 0 saturated carbocycles. The summed E-state index contributed by atoms with van der Waals surface area (Å²) in [5, 5.41) is 15.8. The molecule has 0 aliphatic rings. The van der Waals surface area contributed by atoms with Crippen molar-refractivity contribution in [3.63, 3.8) is 0 Å². The Morgan fingerprint density at radius 2 is 1.47 bits per heavy atom. The smallest absolute Gasteiger partial charge is 0.336 e. The molecule has 0 unspecified atom stereocenters. The van der Waals surface area contributed by atoms with Gasteiger partial charge in [0, 0.05) is 11.1 Å². The van der Waals surface area contributed by atoms with Gasteiger partial charge in [-0.05, 0) is 36.5 Å². The van der Waals surface area contributed by atoms with Crippen LogP contribution in [0.1, 0.15) is 5.82 Å². The van der Waals surface area contributed by atoms with Crippen LogP contribution in [0.2, 0.25) is 0 Å². The van der Waals surface area contributed by atoms with Gasteiger partial charge in [-0.15, -0.1) is 5.10 Å². The van der Waals surface area contributed by atoms with Gasteiger partial charge in [-0.3, -0.25) is 9.67 Å². The van der Waals surface area contributed by atoms with E-state index in [2.05, 4.69) is 25.4 Å². The second kappa shape index (κ2) is 9.63. The van der Waals surface area contributed by atoms with E-state index in [0.717, 1.165) is 22.6 Å². The number of hydrogen-bond acceptors (Lipinski definition) is 7. The van der Waals surface area contributed by atoms with Crippen molar-refractivity contribution in [3.8, 4) is 40.0 Å². The van der Waals surface area contributed by atoms with Gasteiger partial charge in [0.15, 0.2) is 17.2 Å². The van der Waals surface area contributed by atoms with Crippen LogP contribution in [-0.2, 0) is 6.61 Å². The van der Waals surface area contributed by atoms with Crippen LogP contribution in [0.3, 0.4) is 0 Å². The van der Waals surface area contributed by atoms with Gasteiger partial charge in [0.1, 0.15) is 17.1 Å². The second-order valence-corrected chi connectivity index (χ2v) is 7.68. The molecule has 0 aliphatic heterocycles. The minimum absolute atomic E-state index is 0.0970. The molecule has 5 rings (SSSR count). The summed E-state index contributed by atoms with van der Waals surface area (Å²) in [7, 11) is 1.62. The first kappa shape index (κ1) is 21.5. The number of aromatic amines is 1. The van der Waals surface area contributed by atoms with Crippen LogP contribution in [0, 0.1) is 4.77 Å². The van der Waals surface area contributed by atoms with Crippen molar-refractivity contribution in [2.75, 3.05) is 7.11 Å². The summed E-state index contributed by atoms with van der Waals surface area (Å²) in [6.07, 6.45) is 0. The zero-order valence-electron chi connectivity index (χ0n) is 18.3. The Hall–Kier alpha value is -4.37. The minimum Gasteiger partial charge on any atom is -0.497 e. The SMILES string of the molecule is COc1ccc(-n2c(COc3nnc(-c4ccccc4)c(-c4ccccc4)n3)n[nH]c2=S)cc1. The number of ether oxygens (including phenoxy) is 2. The molecule has 8 nitrogen and oxygen atoms in total. The Morgan fingerprint density at radius 1 is 0.824 bits per heavy atom. The first-order valence-corrected chi connectivity index (χ1v) is 10.9. The zero-order valence-corrected chi connectivity index (χ0v) is 19.1. The van der Waals surface area contributed by atoms with E-state index in [1.54, 1.807) is 11.7 Å². The highest BCUT2D eigenvalue weighted by atomic mass is 32.1. The lowest BCUT2D eigenvalue weighted by atomic mass is 10.0. The molecule has 1 N–H and O–H groups in total. The molecule has 0 spiro atoms. The molecule has 0 fully saturated rings. The van der Waals surface area contributed by atoms with Crippen molar-refractivity contribution in [2.45, 2.75) is 6.61 Å². The lowest BCUT2D eigenvalue weighted by Crippen LogP contribution is -2.08. The standard InChI is InChI=1S/C25H20N6O2S/c1-32-20-14-12-19(13-15-20)31-21(27-30-25(31)34)16-33-24-26-22(17-8-4-2-5-9-17)23(28-29-24)18-10-6-3-7-11-18/h2-15H,16H2,1H3,(H,30,34). The molecule has 168 valence electrons. The number of nitrogens with zero attached hydrogens (tertiary/aromatic N) is 5. The molecule has 0 radical (unpaired) electrons. The topological polar surface area (TPSA) is 90.7 Å². The van der Waals surface area contributed by atoms with Crippen molar-refractivity contribution in [1.29, 1.82) is 0 Å². The molecule has 0 amide bonds. The zero-order chi connectivity index (χ0) is 23.3. The van der Waals surface area contributed by atoms with Crippen molar-refractivity contribution >= 4 is 12.2 Å². The van der Waals surface area contributed by atoms with E-state index >= 15 is 0 Å². The Labute approximate surface area is 200 Å². The maximum absolute atomic E-state index is 5.91. The fraction of sp³-hybridized carbons (Fsp3) is 0.0800. The van der Waals surface area contributed by atoms with Crippen LogP contribution in [0.15, 0.2) is 84.9 Å². The second-order valence-electron chi connectivity index (χ2n) is 7.29. The van der Waals surface area contributed by atoms with Crippen molar-refractivity contribution < 1.29 is 9.47 Å². The van der Waals surface area contributed by atoms with E-state index in [1.807, 2.05) is 84.9 Å². The number of methoxy groups -OCH3 is 1. The molecule has 2 heterocycles. The van der Waals surface area contributed by atoms with E-state index in [1.165, 1.54) is 0 Å². The Bertz CT molecular complexity index is 1450. The van der Waals surface area contributed by atoms with Crippen LogP contribution < -0.4 is 9.47 Å². The van der Waals surface area contributed by atoms with Gasteiger partial charge in [-0.25, -0.2) is 0 Å². The molecule has 3 aromatic carbocycles. The molecule has 0 atom stereocenters. The lowest BCUT2D eigenvalue weighted by Gasteiger charge is -2.11. The molecule has 5 aromatic rings. The normalized spacial score (nSPS) is 10.7. The third-order valence-electron chi connectivity index (χ3n) is 5.16. The largest absolute Gasteiger partial charge is 0.497 e. The average molecular weight is 469 g/mol. The quantitative estimate of drug-likeness (QED) is 0.335. The molecule has 34 heavy (non-hydrogen) atoms. The number of rotatable bonds is 7. The number of aromatic nitrogens is 6. The predicted octanol–water partition coefficient (Wildman–Crippen LogP) is 5.04. The first-order valence-electron chi connectivity index (χ1n) is 10.5. The van der Waals surface area contributed by atoms with Gasteiger partial charge in [0.25, 0.3) is 0 Å². The van der Waals surface area contributed by atoms with Crippen molar-refractivity contribution in [3.05, 3.63) is 95.5 Å². The number of nitrogens with one attached hydrogen (secondary N) is 1. The van der Waals surface area contributed by atoms with E-state index in [9.17, 15) is 0 Å². The summed E-state index contributed by atoms with van der Waals surface area (Å²) in [4.78, 5) is 4.68. The van der Waals surface area contributed by atoms with Crippen molar-refractivity contribution in [1.82, 2.24) is 29.9 Å². The molecule has 2 aromatic heterocycles. The number of H-pyrrole nitrogens is 1. The molecular formula is C25H20N6O2S. The van der Waals surface area contributed by atoms with Crippen molar-refractivity contribution in [2.24, 2.45) is 0 Å². The maximum atomic E-state index is 5.91. The van der Waals surface area contributed by atoms with E-state index < -0.39 is 0 Å². The van der Waals surface area contributed by atoms with Crippen LogP contribution in [0.25, 0.3) is 28.2 Å². The fourth-order valence-electron chi connectivity index (χ4n) is 3.51. The predicted molar refractivity (Wildman–Crippen MR) is 130 cm³/mol. The average Bonchev–Trinajstić information content (AvgIpc) is 3.28. The summed E-state index contributed by atoms with van der Waals surface area (Å²) in [5.41, 5.74) is 4.04. The van der Waals surface area contributed by atoms with Gasteiger partial charge >= 0.3 is 6.01 Å². The van der Waals surface area contributed by atoms with Gasteiger partial charge in [0.05, 0.1) is 12.8 Å². The van der Waals surface area contributed by atoms with Gasteiger partial charge in [-0.2, -0.15) is 10.1 Å². The fourth-order valence-corrected chi connectivity index (χ4v) is 3.77. The Morgan fingerprint density at radius 3 is 2.12 bits per heavy atom. The third kappa shape index (κ3) is 4.41. The summed E-state index contributed by atoms with van der Waals surface area (Å²) in [5.74, 6) is 1.33. The summed E-state index contributed by atoms with van der Waals surface area (Å²) in [6.45, 7) is 0.0970. The van der Waals surface area contributed by atoms with E-state index in [0.29, 0.717) is 22.0 Å². The number of benzene rings is 3. The molecule has 9 heteroatoms. The summed E-state index contributed by atoms with van der Waals surface area (Å²) in [6, 6.07) is 27.3. The highest BCUT2D eigenvalue weighted by molar-refractivity contribution is 7.71. The van der Waals surface area contributed by atoms with Gasteiger partial charge in [-0.1, -0.05) is 65.8 Å². The minimum atomic E-state index is 0.0970. The monoisotopic (exact) mass is 468 g/mol. The molecular weight excluding hydrogens is 448 g/mol. The highest BCUT2D eigenvalue weighted by Gasteiger charge is 2.15. The molecule has 0 aliphatic carbocycles. The molecule has 0 bridgehead atoms. The van der Waals surface area contributed by atoms with Crippen LogP contribution in [0.5, 0.6) is 11.8 Å². The van der Waals surface area contributed by atoms with E-state index in [4.69, 9.17) is 21.7 Å². The third-order valence-corrected chi connectivity index (χ3v) is 5.44. The van der Waals surface area contributed by atoms with Crippen LogP contribution in [-0.4, -0.2) is 37.1 Å². The Balaban J connectivity index is 1.46. The summed E-state index contributed by atoms with van der Waals surface area (Å²) >= 11 is 5.42. The lowest BCUT2D eigenvalue weighted by molar-refractivity contribution is 0.266. The van der Waals surface area contributed by atoms with Gasteiger partial charge in [0.2, 0.25) is 0 Å². The molecule has 0 saturated heterocycles. The van der Waals surface area contributed by atoms with Crippen LogP contribution >= 0.6 is 12.2 Å². The summed E-state index contributed by atoms with van der Waals surface area (Å²) < 4.78 is 13.4. The first-order chi connectivity index (χ1) is 16.7. The highest BCUT2D eigenvalue weighted by Crippen LogP contribution is 2.29. The van der Waals surface area contributed by atoms with Gasteiger partial charge < -0.3 is 9.47 Å². The van der Waals surface area contributed by atoms with E-state index in [-0.39, 0.29) is 12.6 Å². The maximum Gasteiger partial charge on any atom is 0.336 e. The van der Waals surface area contributed by atoms with Crippen LogP contribution in [0.4, 0.5) is 0 Å². The number of hydrogen-bond donors (Lipinski definition) is 1. The Kier molecular flexibility index (Phi) is 6.09.